The third-order valence-electron chi connectivity index (χ3n) is 3.95. The average molecular weight is 342 g/mol. The van der Waals surface area contributed by atoms with Gasteiger partial charge in [0, 0.05) is 25.8 Å². The summed E-state index contributed by atoms with van der Waals surface area (Å²) in [7, 11) is 1.57. The first-order chi connectivity index (χ1) is 10.7. The molecule has 2 amide bonds. The van der Waals surface area contributed by atoms with Gasteiger partial charge in [0.15, 0.2) is 0 Å². The van der Waals surface area contributed by atoms with E-state index >= 15 is 0 Å². The SMILES string of the molecule is COC1(C(=O)NCCNC(=O)c2ccccc2)CCNCC1.Cl. The van der Waals surface area contributed by atoms with Crippen molar-refractivity contribution in [1.82, 2.24) is 16.0 Å². The predicted octanol–water partition coefficient (Wildman–Crippen LogP) is 0.723. The van der Waals surface area contributed by atoms with Crippen molar-refractivity contribution in [1.29, 1.82) is 0 Å². The van der Waals surface area contributed by atoms with Crippen LogP contribution in [0.4, 0.5) is 0 Å². The first kappa shape index (κ1) is 19.4. The minimum Gasteiger partial charge on any atom is -0.368 e. The Bertz CT molecular complexity index is 505. The van der Waals surface area contributed by atoms with Crippen molar-refractivity contribution in [2.45, 2.75) is 18.4 Å². The molecule has 0 aliphatic carbocycles. The Hall–Kier alpha value is -1.63. The number of ether oxygens (including phenoxy) is 1. The molecule has 0 saturated carbocycles. The van der Waals surface area contributed by atoms with E-state index in [0.717, 1.165) is 13.1 Å². The number of carbonyl (C=O) groups excluding carboxylic acids is 2. The molecule has 0 spiro atoms. The molecule has 1 heterocycles. The summed E-state index contributed by atoms with van der Waals surface area (Å²) in [6, 6.07) is 9.00. The molecule has 2 rings (SSSR count). The first-order valence-corrected chi connectivity index (χ1v) is 7.55. The summed E-state index contributed by atoms with van der Waals surface area (Å²) in [6.45, 7) is 2.31. The summed E-state index contributed by atoms with van der Waals surface area (Å²) >= 11 is 0. The van der Waals surface area contributed by atoms with Crippen molar-refractivity contribution in [3.63, 3.8) is 0 Å². The van der Waals surface area contributed by atoms with E-state index < -0.39 is 5.60 Å². The lowest BCUT2D eigenvalue weighted by molar-refractivity contribution is -0.146. The minimum absolute atomic E-state index is 0. The summed E-state index contributed by atoms with van der Waals surface area (Å²) in [5.74, 6) is -0.247. The Morgan fingerprint density at radius 1 is 1.13 bits per heavy atom. The van der Waals surface area contributed by atoms with Gasteiger partial charge >= 0.3 is 0 Å². The molecule has 0 atom stereocenters. The molecule has 1 aliphatic rings. The van der Waals surface area contributed by atoms with Crippen LogP contribution in [0.2, 0.25) is 0 Å². The number of carbonyl (C=O) groups is 2. The Morgan fingerprint density at radius 2 is 1.74 bits per heavy atom. The van der Waals surface area contributed by atoms with E-state index in [0.29, 0.717) is 31.5 Å². The molecule has 6 nitrogen and oxygen atoms in total. The van der Waals surface area contributed by atoms with Crippen LogP contribution in [0.25, 0.3) is 0 Å². The molecule has 0 unspecified atom stereocenters. The molecule has 23 heavy (non-hydrogen) atoms. The van der Waals surface area contributed by atoms with Crippen LogP contribution >= 0.6 is 12.4 Å². The van der Waals surface area contributed by atoms with E-state index in [9.17, 15) is 9.59 Å². The van der Waals surface area contributed by atoms with Crippen molar-refractivity contribution in [2.75, 3.05) is 33.3 Å². The summed E-state index contributed by atoms with van der Waals surface area (Å²) in [5, 5.41) is 8.84. The molecule has 0 bridgehead atoms. The Labute approximate surface area is 142 Å². The molecular weight excluding hydrogens is 318 g/mol. The van der Waals surface area contributed by atoms with E-state index in [4.69, 9.17) is 4.74 Å². The van der Waals surface area contributed by atoms with Gasteiger partial charge in [-0.25, -0.2) is 0 Å². The lowest BCUT2D eigenvalue weighted by Crippen LogP contribution is -2.54. The maximum Gasteiger partial charge on any atom is 0.252 e. The Kier molecular flexibility index (Phi) is 8.02. The van der Waals surface area contributed by atoms with E-state index in [-0.39, 0.29) is 24.2 Å². The fourth-order valence-electron chi connectivity index (χ4n) is 2.56. The Morgan fingerprint density at radius 3 is 2.35 bits per heavy atom. The Balaban J connectivity index is 0.00000264. The number of benzene rings is 1. The van der Waals surface area contributed by atoms with Gasteiger partial charge in [-0.1, -0.05) is 18.2 Å². The van der Waals surface area contributed by atoms with Crippen LogP contribution in [-0.4, -0.2) is 50.7 Å². The smallest absolute Gasteiger partial charge is 0.252 e. The van der Waals surface area contributed by atoms with Crippen LogP contribution in [-0.2, 0) is 9.53 Å². The van der Waals surface area contributed by atoms with Crippen LogP contribution in [0, 0.1) is 0 Å². The van der Waals surface area contributed by atoms with Crippen LogP contribution < -0.4 is 16.0 Å². The van der Waals surface area contributed by atoms with Crippen LogP contribution in [0.5, 0.6) is 0 Å². The molecule has 1 saturated heterocycles. The zero-order valence-corrected chi connectivity index (χ0v) is 14.1. The molecule has 0 radical (unpaired) electrons. The summed E-state index contributed by atoms with van der Waals surface area (Å²) in [4.78, 5) is 24.1. The number of hydrogen-bond donors (Lipinski definition) is 3. The number of amides is 2. The maximum atomic E-state index is 12.3. The van der Waals surface area contributed by atoms with Gasteiger partial charge in [-0.2, -0.15) is 0 Å². The third-order valence-corrected chi connectivity index (χ3v) is 3.95. The van der Waals surface area contributed by atoms with Crippen molar-refractivity contribution >= 4 is 24.2 Å². The van der Waals surface area contributed by atoms with Crippen molar-refractivity contribution < 1.29 is 14.3 Å². The van der Waals surface area contributed by atoms with Gasteiger partial charge in [-0.3, -0.25) is 9.59 Å². The second-order valence-electron chi connectivity index (χ2n) is 5.33. The summed E-state index contributed by atoms with van der Waals surface area (Å²) < 4.78 is 5.45. The first-order valence-electron chi connectivity index (χ1n) is 7.55. The zero-order chi connectivity index (χ0) is 15.8. The van der Waals surface area contributed by atoms with Gasteiger partial charge in [-0.05, 0) is 38.1 Å². The minimum atomic E-state index is -0.741. The third kappa shape index (κ3) is 5.20. The van der Waals surface area contributed by atoms with E-state index in [1.165, 1.54) is 0 Å². The van der Waals surface area contributed by atoms with E-state index in [1.807, 2.05) is 18.2 Å². The lowest BCUT2D eigenvalue weighted by atomic mass is 9.91. The number of piperidine rings is 1. The molecule has 1 aliphatic heterocycles. The van der Waals surface area contributed by atoms with Gasteiger partial charge in [0.05, 0.1) is 0 Å². The van der Waals surface area contributed by atoms with Crippen molar-refractivity contribution in [2.24, 2.45) is 0 Å². The van der Waals surface area contributed by atoms with Crippen molar-refractivity contribution in [3.05, 3.63) is 35.9 Å². The van der Waals surface area contributed by atoms with Gasteiger partial charge in [0.1, 0.15) is 5.60 Å². The van der Waals surface area contributed by atoms with Crippen molar-refractivity contribution in [3.8, 4) is 0 Å². The highest BCUT2D eigenvalue weighted by Gasteiger charge is 2.39. The van der Waals surface area contributed by atoms with E-state index in [1.54, 1.807) is 19.2 Å². The molecule has 7 heteroatoms. The van der Waals surface area contributed by atoms with Crippen LogP contribution in [0.15, 0.2) is 30.3 Å². The lowest BCUT2D eigenvalue weighted by Gasteiger charge is -2.34. The highest BCUT2D eigenvalue weighted by atomic mass is 35.5. The summed E-state index contributed by atoms with van der Waals surface area (Å²) in [6.07, 6.45) is 1.32. The number of rotatable bonds is 6. The normalized spacial score (nSPS) is 16.0. The monoisotopic (exact) mass is 341 g/mol. The standard InChI is InChI=1S/C16H23N3O3.ClH/c1-22-16(7-9-17-10-8-16)15(21)19-12-11-18-14(20)13-5-3-2-4-6-13;/h2-6,17H,7-12H2,1H3,(H,18,20)(H,19,21);1H. The molecular formula is C16H24ClN3O3. The van der Waals surface area contributed by atoms with E-state index in [2.05, 4.69) is 16.0 Å². The highest BCUT2D eigenvalue weighted by molar-refractivity contribution is 5.94. The number of methoxy groups -OCH3 is 1. The fraction of sp³-hybridized carbons (Fsp3) is 0.500. The largest absolute Gasteiger partial charge is 0.368 e. The average Bonchev–Trinajstić information content (AvgIpc) is 2.59. The van der Waals surface area contributed by atoms with Crippen LogP contribution in [0.3, 0.4) is 0 Å². The predicted molar refractivity (Wildman–Crippen MR) is 90.9 cm³/mol. The number of halogens is 1. The molecule has 3 N–H and O–H groups in total. The number of nitrogens with one attached hydrogen (secondary N) is 3. The highest BCUT2D eigenvalue weighted by Crippen LogP contribution is 2.22. The van der Waals surface area contributed by atoms with Gasteiger partial charge in [0.2, 0.25) is 0 Å². The van der Waals surface area contributed by atoms with Crippen LogP contribution in [0.1, 0.15) is 23.2 Å². The maximum absolute atomic E-state index is 12.3. The fourth-order valence-corrected chi connectivity index (χ4v) is 2.56. The molecule has 1 aromatic rings. The second-order valence-corrected chi connectivity index (χ2v) is 5.33. The van der Waals surface area contributed by atoms with Gasteiger partial charge < -0.3 is 20.7 Å². The van der Waals surface area contributed by atoms with Gasteiger partial charge in [0.25, 0.3) is 11.8 Å². The summed E-state index contributed by atoms with van der Waals surface area (Å²) in [5.41, 5.74) is -0.130. The molecule has 128 valence electrons. The topological polar surface area (TPSA) is 79.5 Å². The molecule has 1 aromatic carbocycles. The second kappa shape index (κ2) is 9.50. The van der Waals surface area contributed by atoms with Gasteiger partial charge in [-0.15, -0.1) is 12.4 Å². The molecule has 1 fully saturated rings. The zero-order valence-electron chi connectivity index (χ0n) is 13.3. The number of hydrogen-bond acceptors (Lipinski definition) is 4. The molecule has 0 aromatic heterocycles. The quantitative estimate of drug-likeness (QED) is 0.666.